The van der Waals surface area contributed by atoms with Crippen LogP contribution in [0.5, 0.6) is 0 Å². The van der Waals surface area contributed by atoms with E-state index in [9.17, 15) is 0 Å². The third-order valence-corrected chi connectivity index (χ3v) is 3.87. The number of amidine groups is 1. The molecule has 0 aromatic carbocycles. The summed E-state index contributed by atoms with van der Waals surface area (Å²) in [6, 6.07) is 3.94. The molecule has 5 heteroatoms. The van der Waals surface area contributed by atoms with Gasteiger partial charge in [0.15, 0.2) is 0 Å². The van der Waals surface area contributed by atoms with Crippen LogP contribution in [0.15, 0.2) is 18.3 Å². The van der Waals surface area contributed by atoms with Gasteiger partial charge in [0.1, 0.15) is 11.5 Å². The number of aromatic nitrogens is 1. The molecule has 2 heterocycles. The van der Waals surface area contributed by atoms with Gasteiger partial charge in [-0.15, -0.1) is 0 Å². The fourth-order valence-electron chi connectivity index (χ4n) is 2.89. The van der Waals surface area contributed by atoms with Crippen molar-refractivity contribution in [3.8, 4) is 0 Å². The first-order valence-corrected chi connectivity index (χ1v) is 7.21. The van der Waals surface area contributed by atoms with E-state index in [4.69, 9.17) is 11.1 Å². The summed E-state index contributed by atoms with van der Waals surface area (Å²) in [7, 11) is 4.28. The number of hydrogen-bond donors (Lipinski definition) is 2. The monoisotopic (exact) mass is 275 g/mol. The average molecular weight is 275 g/mol. The van der Waals surface area contributed by atoms with Gasteiger partial charge in [-0.25, -0.2) is 0 Å². The maximum atomic E-state index is 7.59. The second-order valence-electron chi connectivity index (χ2n) is 5.91. The maximum Gasteiger partial charge on any atom is 0.142 e. The highest BCUT2D eigenvalue weighted by atomic mass is 15.1. The molecule has 110 valence electrons. The molecular weight excluding hydrogens is 250 g/mol. The third kappa shape index (κ3) is 4.02. The third-order valence-electron chi connectivity index (χ3n) is 3.87. The van der Waals surface area contributed by atoms with Crippen LogP contribution in [0.1, 0.15) is 24.1 Å². The van der Waals surface area contributed by atoms with E-state index in [-0.39, 0.29) is 5.84 Å². The van der Waals surface area contributed by atoms with Gasteiger partial charge in [0.2, 0.25) is 0 Å². The number of pyridine rings is 1. The molecular formula is C15H25N5. The molecule has 20 heavy (non-hydrogen) atoms. The molecule has 0 aliphatic carbocycles. The largest absolute Gasteiger partial charge is 0.382 e. The lowest BCUT2D eigenvalue weighted by Crippen LogP contribution is -2.37. The zero-order chi connectivity index (χ0) is 14.5. The van der Waals surface area contributed by atoms with E-state index in [1.54, 1.807) is 6.20 Å². The van der Waals surface area contributed by atoms with E-state index in [1.165, 1.54) is 19.4 Å². The van der Waals surface area contributed by atoms with E-state index in [0.717, 1.165) is 31.1 Å². The number of hydrogen-bond acceptors (Lipinski definition) is 4. The number of nitrogens with zero attached hydrogens (tertiary/aromatic N) is 3. The van der Waals surface area contributed by atoms with Gasteiger partial charge in [0.05, 0.1) is 0 Å². The van der Waals surface area contributed by atoms with Crippen molar-refractivity contribution in [2.24, 2.45) is 11.7 Å². The molecule has 0 radical (unpaired) electrons. The van der Waals surface area contributed by atoms with Crippen LogP contribution in [-0.4, -0.2) is 54.3 Å². The van der Waals surface area contributed by atoms with Crippen molar-refractivity contribution < 1.29 is 0 Å². The molecule has 1 saturated heterocycles. The topological polar surface area (TPSA) is 69.2 Å². The lowest BCUT2D eigenvalue weighted by atomic mass is 9.96. The SMILES string of the molecule is CN(C)CC1CCN(Cc2cccnc2C(=N)N)CC1. The minimum atomic E-state index is 0.0584. The summed E-state index contributed by atoms with van der Waals surface area (Å²) in [4.78, 5) is 8.93. The Labute approximate surface area is 121 Å². The van der Waals surface area contributed by atoms with Crippen molar-refractivity contribution in [3.05, 3.63) is 29.6 Å². The molecule has 0 unspecified atom stereocenters. The highest BCUT2D eigenvalue weighted by Crippen LogP contribution is 2.20. The summed E-state index contributed by atoms with van der Waals surface area (Å²) in [6.45, 7) is 4.26. The van der Waals surface area contributed by atoms with Crippen LogP contribution in [0, 0.1) is 11.3 Å². The zero-order valence-electron chi connectivity index (χ0n) is 12.5. The quantitative estimate of drug-likeness (QED) is 0.624. The van der Waals surface area contributed by atoms with Crippen LogP contribution in [0.4, 0.5) is 0 Å². The Morgan fingerprint density at radius 2 is 2.15 bits per heavy atom. The molecule has 0 atom stereocenters. The van der Waals surface area contributed by atoms with Crippen molar-refractivity contribution in [2.45, 2.75) is 19.4 Å². The smallest absolute Gasteiger partial charge is 0.142 e. The van der Waals surface area contributed by atoms with Crippen molar-refractivity contribution >= 4 is 5.84 Å². The average Bonchev–Trinajstić information content (AvgIpc) is 2.41. The van der Waals surface area contributed by atoms with Gasteiger partial charge in [-0.1, -0.05) is 6.07 Å². The number of piperidine rings is 1. The highest BCUT2D eigenvalue weighted by Gasteiger charge is 2.20. The molecule has 5 nitrogen and oxygen atoms in total. The first kappa shape index (κ1) is 14.9. The molecule has 0 bridgehead atoms. The Balaban J connectivity index is 1.91. The predicted molar refractivity (Wildman–Crippen MR) is 81.8 cm³/mol. The summed E-state index contributed by atoms with van der Waals surface area (Å²) in [6.07, 6.45) is 4.19. The fourth-order valence-corrected chi connectivity index (χ4v) is 2.89. The standard InChI is InChI=1S/C15H25N5/c1-19(2)10-12-5-8-20(9-6-12)11-13-4-3-7-18-14(13)15(16)17/h3-4,7,12H,5-6,8-11H2,1-2H3,(H3,16,17). The first-order valence-electron chi connectivity index (χ1n) is 7.21. The molecule has 0 spiro atoms. The van der Waals surface area contributed by atoms with Crippen LogP contribution in [-0.2, 0) is 6.54 Å². The van der Waals surface area contributed by atoms with E-state index in [2.05, 4.69) is 28.9 Å². The number of likely N-dealkylation sites (tertiary alicyclic amines) is 1. The van der Waals surface area contributed by atoms with E-state index in [0.29, 0.717) is 5.69 Å². The maximum absolute atomic E-state index is 7.59. The van der Waals surface area contributed by atoms with Gasteiger partial charge in [-0.2, -0.15) is 0 Å². The highest BCUT2D eigenvalue weighted by molar-refractivity contribution is 5.94. The Hall–Kier alpha value is -1.46. The van der Waals surface area contributed by atoms with Gasteiger partial charge in [0, 0.05) is 19.3 Å². The molecule has 1 aromatic rings. The molecule has 1 aromatic heterocycles. The van der Waals surface area contributed by atoms with Crippen molar-refractivity contribution in [3.63, 3.8) is 0 Å². The summed E-state index contributed by atoms with van der Waals surface area (Å²) in [5.41, 5.74) is 7.28. The van der Waals surface area contributed by atoms with Crippen LogP contribution >= 0.6 is 0 Å². The second kappa shape index (κ2) is 6.81. The van der Waals surface area contributed by atoms with Crippen LogP contribution in [0.2, 0.25) is 0 Å². The Bertz CT molecular complexity index is 449. The van der Waals surface area contributed by atoms with Gasteiger partial charge >= 0.3 is 0 Å². The summed E-state index contributed by atoms with van der Waals surface area (Å²) >= 11 is 0. The zero-order valence-corrected chi connectivity index (χ0v) is 12.5. The molecule has 1 aliphatic heterocycles. The van der Waals surface area contributed by atoms with Crippen molar-refractivity contribution in [2.75, 3.05) is 33.7 Å². The first-order chi connectivity index (χ1) is 9.56. The van der Waals surface area contributed by atoms with Crippen LogP contribution in [0.3, 0.4) is 0 Å². The Morgan fingerprint density at radius 3 is 2.75 bits per heavy atom. The van der Waals surface area contributed by atoms with E-state index < -0.39 is 0 Å². The van der Waals surface area contributed by atoms with Gasteiger partial charge in [0.25, 0.3) is 0 Å². The number of nitrogens with two attached hydrogens (primary N) is 1. The van der Waals surface area contributed by atoms with Gasteiger partial charge in [-0.3, -0.25) is 15.3 Å². The second-order valence-corrected chi connectivity index (χ2v) is 5.91. The lowest BCUT2D eigenvalue weighted by molar-refractivity contribution is 0.156. The van der Waals surface area contributed by atoms with Crippen LogP contribution in [0.25, 0.3) is 0 Å². The molecule has 3 N–H and O–H groups in total. The summed E-state index contributed by atoms with van der Waals surface area (Å²) in [5, 5.41) is 7.59. The van der Waals surface area contributed by atoms with E-state index >= 15 is 0 Å². The molecule has 0 amide bonds. The fraction of sp³-hybridized carbons (Fsp3) is 0.600. The minimum Gasteiger partial charge on any atom is -0.382 e. The number of nitrogen functional groups attached to an aromatic ring is 1. The Morgan fingerprint density at radius 1 is 1.45 bits per heavy atom. The van der Waals surface area contributed by atoms with Gasteiger partial charge < -0.3 is 10.6 Å². The van der Waals surface area contributed by atoms with Gasteiger partial charge in [-0.05, 0) is 57.6 Å². The summed E-state index contributed by atoms with van der Waals surface area (Å²) in [5.74, 6) is 0.866. The van der Waals surface area contributed by atoms with Crippen molar-refractivity contribution in [1.29, 1.82) is 5.41 Å². The van der Waals surface area contributed by atoms with Crippen LogP contribution < -0.4 is 5.73 Å². The lowest BCUT2D eigenvalue weighted by Gasteiger charge is -2.33. The molecule has 1 fully saturated rings. The minimum absolute atomic E-state index is 0.0584. The number of nitrogens with one attached hydrogen (secondary N) is 1. The molecule has 0 saturated carbocycles. The van der Waals surface area contributed by atoms with Crippen molar-refractivity contribution in [1.82, 2.24) is 14.8 Å². The normalized spacial score (nSPS) is 17.6. The Kier molecular flexibility index (Phi) is 5.09. The summed E-state index contributed by atoms with van der Waals surface area (Å²) < 4.78 is 0. The predicted octanol–water partition coefficient (Wildman–Crippen LogP) is 1.14. The molecule has 1 aliphatic rings. The molecule has 2 rings (SSSR count). The number of rotatable bonds is 5. The van der Waals surface area contributed by atoms with E-state index in [1.807, 2.05) is 12.1 Å².